The number of hydrogen-bond donors (Lipinski definition) is 1. The second-order valence-electron chi connectivity index (χ2n) is 7.04. The van der Waals surface area contributed by atoms with Crippen molar-refractivity contribution in [2.24, 2.45) is 4.99 Å². The van der Waals surface area contributed by atoms with E-state index in [0.717, 1.165) is 0 Å². The minimum Gasteiger partial charge on any atom is -0.394 e. The highest BCUT2D eigenvalue weighted by Gasteiger charge is 2.55. The van der Waals surface area contributed by atoms with Crippen LogP contribution >= 0.6 is 0 Å². The summed E-state index contributed by atoms with van der Waals surface area (Å²) in [6, 6.07) is 0. The van der Waals surface area contributed by atoms with Gasteiger partial charge in [0.15, 0.2) is 29.0 Å². The van der Waals surface area contributed by atoms with E-state index < -0.39 is 18.1 Å². The van der Waals surface area contributed by atoms with Gasteiger partial charge in [0.1, 0.15) is 24.6 Å². The van der Waals surface area contributed by atoms with Crippen molar-refractivity contribution in [2.45, 2.75) is 44.2 Å². The number of imidazole rings is 1. The average Bonchev–Trinajstić information content (AvgIpc) is 3.23. The number of aliphatic hydroxyl groups excluding tert-OH is 1. The van der Waals surface area contributed by atoms with Crippen LogP contribution in [0.15, 0.2) is 17.6 Å². The molecular weight excluding hydrogens is 340 g/mol. The molecule has 2 aliphatic rings. The Morgan fingerprint density at radius 1 is 1.27 bits per heavy atom. The molecule has 4 rings (SSSR count). The van der Waals surface area contributed by atoms with Gasteiger partial charge >= 0.3 is 0 Å². The number of nitrogens with zero attached hydrogens (tertiary/aromatic N) is 6. The maximum absolute atomic E-state index is 9.64. The first-order valence-electron chi connectivity index (χ1n) is 8.40. The molecule has 4 heterocycles. The minimum absolute atomic E-state index is 0.156. The van der Waals surface area contributed by atoms with Crippen LogP contribution in [0.4, 0.5) is 5.82 Å². The SMILES string of the molecule is CN(C)C=Nc1ncnc2c1ncn2[C@@H]1O[C@H](CO)C2OC(C)(C)OC21. The van der Waals surface area contributed by atoms with E-state index in [1.54, 1.807) is 17.2 Å². The molecule has 26 heavy (non-hydrogen) atoms. The molecule has 2 fully saturated rings. The summed E-state index contributed by atoms with van der Waals surface area (Å²) < 4.78 is 19.7. The summed E-state index contributed by atoms with van der Waals surface area (Å²) in [5.74, 6) is -0.267. The molecule has 140 valence electrons. The lowest BCUT2D eigenvalue weighted by Gasteiger charge is -2.24. The van der Waals surface area contributed by atoms with Gasteiger partial charge in [0.05, 0.1) is 19.3 Å². The third-order valence-corrected chi connectivity index (χ3v) is 4.33. The molecule has 0 radical (unpaired) electrons. The van der Waals surface area contributed by atoms with E-state index in [1.165, 1.54) is 6.33 Å². The Bertz CT molecular complexity index is 835. The van der Waals surface area contributed by atoms with Crippen molar-refractivity contribution in [1.82, 2.24) is 24.4 Å². The molecule has 2 aliphatic heterocycles. The predicted octanol–water partition coefficient (Wildman–Crippen LogP) is 0.457. The molecule has 0 saturated carbocycles. The number of ether oxygens (including phenoxy) is 3. The van der Waals surface area contributed by atoms with E-state index in [-0.39, 0.29) is 18.8 Å². The zero-order valence-electron chi connectivity index (χ0n) is 15.1. The van der Waals surface area contributed by atoms with Crippen LogP contribution in [0.3, 0.4) is 0 Å². The summed E-state index contributed by atoms with van der Waals surface area (Å²) in [5, 5.41) is 9.64. The third-order valence-electron chi connectivity index (χ3n) is 4.33. The van der Waals surface area contributed by atoms with Gasteiger partial charge in [-0.15, -0.1) is 0 Å². The number of rotatable bonds is 4. The van der Waals surface area contributed by atoms with Gasteiger partial charge in [0.25, 0.3) is 0 Å². The summed E-state index contributed by atoms with van der Waals surface area (Å²) in [6.07, 6.45) is 3.01. The molecular formula is C16H22N6O4. The van der Waals surface area contributed by atoms with Crippen LogP contribution in [0.5, 0.6) is 0 Å². The van der Waals surface area contributed by atoms with Gasteiger partial charge in [0.2, 0.25) is 0 Å². The Labute approximate surface area is 150 Å². The Morgan fingerprint density at radius 2 is 2.04 bits per heavy atom. The summed E-state index contributed by atoms with van der Waals surface area (Å²) in [7, 11) is 3.75. The Balaban J connectivity index is 1.72. The molecule has 4 atom stereocenters. The number of aliphatic hydroxyl groups is 1. The molecule has 2 saturated heterocycles. The van der Waals surface area contributed by atoms with Crippen LogP contribution in [0.1, 0.15) is 20.1 Å². The number of hydrogen-bond acceptors (Lipinski definition) is 8. The van der Waals surface area contributed by atoms with Gasteiger partial charge in [-0.2, -0.15) is 0 Å². The summed E-state index contributed by atoms with van der Waals surface area (Å²) in [4.78, 5) is 19.1. The van der Waals surface area contributed by atoms with Crippen LogP contribution in [0, 0.1) is 0 Å². The first-order valence-corrected chi connectivity index (χ1v) is 8.40. The van der Waals surface area contributed by atoms with Crippen molar-refractivity contribution >= 4 is 23.3 Å². The lowest BCUT2D eigenvalue weighted by Crippen LogP contribution is -2.31. The van der Waals surface area contributed by atoms with Crippen LogP contribution in [0.2, 0.25) is 0 Å². The Morgan fingerprint density at radius 3 is 2.77 bits per heavy atom. The van der Waals surface area contributed by atoms with Gasteiger partial charge in [-0.25, -0.2) is 19.9 Å². The zero-order valence-corrected chi connectivity index (χ0v) is 15.1. The van der Waals surface area contributed by atoms with Crippen LogP contribution < -0.4 is 0 Å². The first kappa shape index (κ1) is 17.3. The quantitative estimate of drug-likeness (QED) is 0.617. The highest BCUT2D eigenvalue weighted by Crippen LogP contribution is 2.43. The summed E-state index contributed by atoms with van der Waals surface area (Å²) in [6.45, 7) is 3.54. The summed E-state index contributed by atoms with van der Waals surface area (Å²) >= 11 is 0. The normalized spacial score (nSPS) is 30.3. The van der Waals surface area contributed by atoms with Gasteiger partial charge in [-0.1, -0.05) is 0 Å². The van der Waals surface area contributed by atoms with Crippen molar-refractivity contribution in [3.8, 4) is 0 Å². The van der Waals surface area contributed by atoms with Crippen LogP contribution in [-0.4, -0.2) is 80.7 Å². The molecule has 10 nitrogen and oxygen atoms in total. The molecule has 0 aliphatic carbocycles. The van der Waals surface area contributed by atoms with E-state index >= 15 is 0 Å². The van der Waals surface area contributed by atoms with Crippen molar-refractivity contribution in [2.75, 3.05) is 20.7 Å². The van der Waals surface area contributed by atoms with Gasteiger partial charge in [-0.05, 0) is 13.8 Å². The van der Waals surface area contributed by atoms with Crippen molar-refractivity contribution in [3.63, 3.8) is 0 Å². The molecule has 2 unspecified atom stereocenters. The molecule has 1 N–H and O–H groups in total. The Kier molecular flexibility index (Phi) is 4.14. The smallest absolute Gasteiger partial charge is 0.184 e. The molecule has 0 bridgehead atoms. The van der Waals surface area contributed by atoms with Crippen molar-refractivity contribution in [1.29, 1.82) is 0 Å². The second kappa shape index (κ2) is 6.23. The second-order valence-corrected chi connectivity index (χ2v) is 7.04. The van der Waals surface area contributed by atoms with E-state index in [4.69, 9.17) is 14.2 Å². The fourth-order valence-electron chi connectivity index (χ4n) is 3.32. The lowest BCUT2D eigenvalue weighted by molar-refractivity contribution is -0.199. The first-order chi connectivity index (χ1) is 12.4. The average molecular weight is 362 g/mol. The Hall–Kier alpha value is -2.14. The third kappa shape index (κ3) is 2.84. The molecule has 2 aromatic rings. The summed E-state index contributed by atoms with van der Waals surface area (Å²) in [5.41, 5.74) is 1.15. The topological polar surface area (TPSA) is 107 Å². The predicted molar refractivity (Wildman–Crippen MR) is 92.0 cm³/mol. The molecule has 2 aromatic heterocycles. The fraction of sp³-hybridized carbons (Fsp3) is 0.625. The maximum Gasteiger partial charge on any atom is 0.184 e. The van der Waals surface area contributed by atoms with Crippen LogP contribution in [0.25, 0.3) is 11.2 Å². The van der Waals surface area contributed by atoms with Gasteiger partial charge < -0.3 is 24.2 Å². The maximum atomic E-state index is 9.64. The zero-order chi connectivity index (χ0) is 18.5. The van der Waals surface area contributed by atoms with E-state index in [2.05, 4.69) is 19.9 Å². The van der Waals surface area contributed by atoms with Gasteiger partial charge in [0, 0.05) is 14.1 Å². The lowest BCUT2D eigenvalue weighted by atomic mass is 10.1. The highest BCUT2D eigenvalue weighted by atomic mass is 16.8. The largest absolute Gasteiger partial charge is 0.394 e. The molecule has 0 amide bonds. The highest BCUT2D eigenvalue weighted by molar-refractivity contribution is 5.82. The fourth-order valence-corrected chi connectivity index (χ4v) is 3.32. The molecule has 0 aromatic carbocycles. The standard InChI is InChI=1S/C16H22N6O4/c1-16(2)25-11-9(5-23)24-15(12(11)26-16)22-8-19-10-13(20-7-21(3)4)17-6-18-14(10)22/h6-9,11-12,15,23H,5H2,1-4H3/t9-,11?,12?,15-/m1/s1. The van der Waals surface area contributed by atoms with Crippen LogP contribution in [-0.2, 0) is 14.2 Å². The van der Waals surface area contributed by atoms with Crippen molar-refractivity contribution < 1.29 is 19.3 Å². The van der Waals surface area contributed by atoms with E-state index in [9.17, 15) is 5.11 Å². The van der Waals surface area contributed by atoms with Gasteiger partial charge in [-0.3, -0.25) is 4.57 Å². The number of aliphatic imine (C=N–C) groups is 1. The van der Waals surface area contributed by atoms with E-state index in [0.29, 0.717) is 17.0 Å². The van der Waals surface area contributed by atoms with E-state index in [1.807, 2.05) is 32.8 Å². The van der Waals surface area contributed by atoms with Crippen molar-refractivity contribution in [3.05, 3.63) is 12.7 Å². The number of aromatic nitrogens is 4. The number of fused-ring (bicyclic) bond motifs is 2. The monoisotopic (exact) mass is 362 g/mol. The minimum atomic E-state index is -0.739. The molecule has 0 spiro atoms. The molecule has 10 heteroatoms.